The molecule has 0 saturated carbocycles. The van der Waals surface area contributed by atoms with Gasteiger partial charge < -0.3 is 19.8 Å². The molecule has 17 heteroatoms. The third kappa shape index (κ3) is 10.2. The van der Waals surface area contributed by atoms with Crippen molar-refractivity contribution in [3.8, 4) is 5.69 Å². The van der Waals surface area contributed by atoms with E-state index in [0.29, 0.717) is 12.1 Å². The van der Waals surface area contributed by atoms with Gasteiger partial charge in [-0.25, -0.2) is 10.1 Å². The van der Waals surface area contributed by atoms with Gasteiger partial charge in [-0.05, 0) is 18.2 Å². The van der Waals surface area contributed by atoms with Crippen LogP contribution in [0, 0.1) is 0 Å². The molecule has 0 atom stereocenters. The zero-order valence-corrected chi connectivity index (χ0v) is 17.8. The van der Waals surface area contributed by atoms with Crippen molar-refractivity contribution in [2.24, 2.45) is 0 Å². The van der Waals surface area contributed by atoms with Gasteiger partial charge in [0.05, 0.1) is 11.9 Å². The molecular weight excluding hydrogens is 506 g/mol. The lowest BCUT2D eigenvalue weighted by Gasteiger charge is -2.03. The van der Waals surface area contributed by atoms with Crippen LogP contribution in [0.25, 0.3) is 5.69 Å². The summed E-state index contributed by atoms with van der Waals surface area (Å²) in [6, 6.07) is 13.3. The molecule has 3 aromatic rings. The van der Waals surface area contributed by atoms with Gasteiger partial charge in [-0.15, -0.1) is 5.10 Å². The number of aliphatic carboxylic acids is 2. The maximum atomic E-state index is 11.6. The van der Waals surface area contributed by atoms with E-state index in [-0.39, 0.29) is 5.91 Å². The number of carbonyl (C=O) groups is 3. The number of benzene rings is 1. The van der Waals surface area contributed by atoms with Gasteiger partial charge in [-0.1, -0.05) is 23.4 Å². The average molecular weight is 522 g/mol. The van der Waals surface area contributed by atoms with Gasteiger partial charge in [0, 0.05) is 6.07 Å². The molecule has 0 aliphatic carbocycles. The fourth-order valence-electron chi connectivity index (χ4n) is 2.12. The summed E-state index contributed by atoms with van der Waals surface area (Å²) in [5, 5.41) is 25.9. The largest absolute Gasteiger partial charge is 0.542 e. The van der Waals surface area contributed by atoms with Crippen molar-refractivity contribution in [2.75, 3.05) is 0 Å². The third-order valence-corrected chi connectivity index (χ3v) is 3.65. The summed E-state index contributed by atoms with van der Waals surface area (Å²) in [5.74, 6) is -2.86. The van der Waals surface area contributed by atoms with E-state index < -0.39 is 24.3 Å². The zero-order valence-electron chi connectivity index (χ0n) is 17.8. The topological polar surface area (TPSA) is 172 Å². The van der Waals surface area contributed by atoms with E-state index in [9.17, 15) is 31.1 Å². The predicted molar refractivity (Wildman–Crippen MR) is 99.6 cm³/mol. The highest BCUT2D eigenvalue weighted by atomic mass is 19.4. The number of aromatic nitrogens is 4. The second kappa shape index (κ2) is 12.8. The van der Waals surface area contributed by atoms with Gasteiger partial charge in [-0.2, -0.15) is 30.9 Å². The molecule has 0 radical (unpaired) electrons. The maximum Gasteiger partial charge on any atom is 0.430 e. The minimum Gasteiger partial charge on any atom is -0.542 e. The summed E-state index contributed by atoms with van der Waals surface area (Å²) in [7, 11) is 0. The lowest BCUT2D eigenvalue weighted by Crippen LogP contribution is -2.67. The van der Waals surface area contributed by atoms with Gasteiger partial charge in [0.1, 0.15) is 23.2 Å². The number of amides is 1. The Morgan fingerprint density at radius 1 is 0.944 bits per heavy atom. The summed E-state index contributed by atoms with van der Waals surface area (Å²) < 4.78 is 66.7. The van der Waals surface area contributed by atoms with Crippen LogP contribution in [-0.4, -0.2) is 45.2 Å². The first-order valence-electron chi connectivity index (χ1n) is 9.24. The normalized spacial score (nSPS) is 10.8. The Balaban J connectivity index is 0.000000383. The van der Waals surface area contributed by atoms with Crippen LogP contribution in [0.5, 0.6) is 0 Å². The van der Waals surface area contributed by atoms with Crippen molar-refractivity contribution in [3.05, 3.63) is 72.3 Å². The molecule has 0 aliphatic heterocycles. The summed E-state index contributed by atoms with van der Waals surface area (Å²) in [6.45, 7) is 0.533. The molecule has 0 unspecified atom stereocenters. The highest BCUT2D eigenvalue weighted by Gasteiger charge is 2.29. The molecule has 2 heterocycles. The molecule has 36 heavy (non-hydrogen) atoms. The quantitative estimate of drug-likeness (QED) is 0.229. The third-order valence-electron chi connectivity index (χ3n) is 3.65. The first-order chi connectivity index (χ1) is 16.6. The fourth-order valence-corrected chi connectivity index (χ4v) is 2.12. The number of alkyl halides is 6. The molecule has 2 aromatic heterocycles. The van der Waals surface area contributed by atoms with Crippen LogP contribution in [0.4, 0.5) is 26.3 Å². The van der Waals surface area contributed by atoms with Crippen LogP contribution >= 0.6 is 0 Å². The lowest BCUT2D eigenvalue weighted by molar-refractivity contribution is -0.689. The SMILES string of the molecule is O=C([O-])C(F)(F)F.O=C([O-])C(F)(F)F.[NH3+]NC(=O)c1ccc[n+](Cc2cn(-c3ccccc3)nn2)c1. The molecule has 4 N–H and O–H groups in total. The van der Waals surface area contributed by atoms with Crippen LogP contribution in [0.15, 0.2) is 61.1 Å². The predicted octanol–water partition coefficient (Wildman–Crippen LogP) is -1.91. The van der Waals surface area contributed by atoms with Gasteiger partial charge in [0.25, 0.3) is 0 Å². The first kappa shape index (κ1) is 29.5. The van der Waals surface area contributed by atoms with Gasteiger partial charge in [0.15, 0.2) is 18.9 Å². The number of halogens is 6. The van der Waals surface area contributed by atoms with Gasteiger partial charge in [-0.3, -0.25) is 10.6 Å². The van der Waals surface area contributed by atoms with E-state index in [1.165, 1.54) is 0 Å². The van der Waals surface area contributed by atoms with Crippen LogP contribution < -0.4 is 26.0 Å². The Morgan fingerprint density at radius 2 is 1.47 bits per heavy atom. The number of pyridine rings is 1. The molecular formula is C19H16F6N6O5. The maximum absolute atomic E-state index is 11.6. The first-order valence-corrected chi connectivity index (χ1v) is 9.24. The Labute approximate surface area is 197 Å². The molecule has 3 rings (SSSR count). The Bertz CT molecular complexity index is 1140. The number of quaternary nitrogens is 1. The van der Waals surface area contributed by atoms with Gasteiger partial charge in [0.2, 0.25) is 0 Å². The van der Waals surface area contributed by atoms with Crippen molar-refractivity contribution in [1.82, 2.24) is 20.4 Å². The fraction of sp³-hybridized carbons (Fsp3) is 0.158. The van der Waals surface area contributed by atoms with E-state index in [4.69, 9.17) is 19.8 Å². The number of nitrogens with zero attached hydrogens (tertiary/aromatic N) is 4. The molecule has 194 valence electrons. The molecule has 0 bridgehead atoms. The smallest absolute Gasteiger partial charge is 0.430 e. The highest BCUT2D eigenvalue weighted by molar-refractivity contribution is 5.92. The van der Waals surface area contributed by atoms with E-state index in [1.54, 1.807) is 16.9 Å². The Morgan fingerprint density at radius 3 is 1.94 bits per heavy atom. The van der Waals surface area contributed by atoms with Crippen LogP contribution in [0.3, 0.4) is 0 Å². The summed E-state index contributed by atoms with van der Waals surface area (Å²) in [5.41, 5.74) is 4.67. The van der Waals surface area contributed by atoms with E-state index in [0.717, 1.165) is 11.4 Å². The molecule has 0 spiro atoms. The number of hydrogen-bond acceptors (Lipinski definition) is 7. The number of carboxylic acids is 2. The van der Waals surface area contributed by atoms with Crippen LogP contribution in [0.1, 0.15) is 16.1 Å². The number of nitrogens with one attached hydrogen (secondary N) is 1. The van der Waals surface area contributed by atoms with Crippen LogP contribution in [0.2, 0.25) is 0 Å². The average Bonchev–Trinajstić information content (AvgIpc) is 3.27. The molecule has 1 aromatic carbocycles. The summed E-state index contributed by atoms with van der Waals surface area (Å²) in [4.78, 5) is 29.2. The second-order valence-corrected chi connectivity index (χ2v) is 6.33. The van der Waals surface area contributed by atoms with E-state index in [2.05, 4.69) is 21.6 Å². The number of para-hydroxylation sites is 1. The molecule has 11 nitrogen and oxygen atoms in total. The standard InChI is InChI=1S/C15H14N6O.2C2HF3O2/c16-17-15(22)12-5-4-8-20(9-12)10-13-11-21(19-18-13)14-6-2-1-3-7-14;2*3-2(4,5)1(6)7/h1-9,11H,10H2,(H2-,16,17,18,19,22);2*(H,6,7). The summed E-state index contributed by atoms with van der Waals surface area (Å²) >= 11 is 0. The number of rotatable bonds is 4. The molecule has 0 aliphatic rings. The Kier molecular flexibility index (Phi) is 10.5. The monoisotopic (exact) mass is 522 g/mol. The van der Waals surface area contributed by atoms with Crippen molar-refractivity contribution >= 4 is 17.8 Å². The minimum absolute atomic E-state index is 0.220. The van der Waals surface area contributed by atoms with Crippen molar-refractivity contribution in [2.45, 2.75) is 18.9 Å². The number of carboxylic acid groups (broad SMARTS) is 2. The van der Waals surface area contributed by atoms with Gasteiger partial charge >= 0.3 is 18.3 Å². The highest BCUT2D eigenvalue weighted by Crippen LogP contribution is 2.12. The molecule has 0 saturated heterocycles. The lowest BCUT2D eigenvalue weighted by atomic mass is 10.2. The number of carbonyl (C=O) groups excluding carboxylic acids is 3. The van der Waals surface area contributed by atoms with Crippen molar-refractivity contribution < 1.29 is 61.3 Å². The van der Waals surface area contributed by atoms with Crippen LogP contribution in [-0.2, 0) is 16.1 Å². The minimum atomic E-state index is -5.19. The summed E-state index contributed by atoms with van der Waals surface area (Å²) in [6.07, 6.45) is -4.89. The molecule has 0 fully saturated rings. The second-order valence-electron chi connectivity index (χ2n) is 6.33. The molecule has 1 amide bonds. The Hall–Kier alpha value is -4.54. The van der Waals surface area contributed by atoms with Crippen molar-refractivity contribution in [1.29, 1.82) is 0 Å². The zero-order chi connectivity index (χ0) is 27.5. The van der Waals surface area contributed by atoms with Crippen molar-refractivity contribution in [3.63, 3.8) is 0 Å². The van der Waals surface area contributed by atoms with E-state index in [1.807, 2.05) is 53.4 Å². The number of hydrogen-bond donors (Lipinski definition) is 2. The van der Waals surface area contributed by atoms with E-state index >= 15 is 0 Å².